The lowest BCUT2D eigenvalue weighted by Gasteiger charge is -2.23. The minimum atomic E-state index is -0.369. The van der Waals surface area contributed by atoms with Crippen LogP contribution >= 0.6 is 11.6 Å². The lowest BCUT2D eigenvalue weighted by Crippen LogP contribution is -2.38. The molecule has 2 amide bonds. The standard InChI is InChI=1S/C19H20ClFN2O2/c1-13-10-16(20)6-7-18(13)23(14(2)24)9-8-22-19(25)12-15-4-3-5-17(21)11-15/h3-7,10-11H,8-9,12H2,1-2H3,(H,22,25). The molecule has 0 atom stereocenters. The molecule has 1 N–H and O–H groups in total. The number of amides is 2. The third-order valence-corrected chi connectivity index (χ3v) is 3.98. The van der Waals surface area contributed by atoms with Crippen molar-refractivity contribution < 1.29 is 14.0 Å². The minimum absolute atomic E-state index is 0.0950. The lowest BCUT2D eigenvalue weighted by atomic mass is 10.1. The number of rotatable bonds is 6. The monoisotopic (exact) mass is 362 g/mol. The summed E-state index contributed by atoms with van der Waals surface area (Å²) in [6.07, 6.45) is 0.0950. The van der Waals surface area contributed by atoms with Crippen molar-refractivity contribution in [2.75, 3.05) is 18.0 Å². The normalized spacial score (nSPS) is 10.4. The van der Waals surface area contributed by atoms with Crippen molar-refractivity contribution in [3.8, 4) is 0 Å². The van der Waals surface area contributed by atoms with E-state index < -0.39 is 0 Å². The molecular weight excluding hydrogens is 343 g/mol. The van der Waals surface area contributed by atoms with Crippen molar-refractivity contribution in [2.24, 2.45) is 0 Å². The van der Waals surface area contributed by atoms with Crippen LogP contribution in [0.25, 0.3) is 0 Å². The molecule has 25 heavy (non-hydrogen) atoms. The number of carbonyl (C=O) groups excluding carboxylic acids is 2. The van der Waals surface area contributed by atoms with Gasteiger partial charge in [-0.25, -0.2) is 4.39 Å². The average Bonchev–Trinajstić information content (AvgIpc) is 2.52. The smallest absolute Gasteiger partial charge is 0.224 e. The molecule has 6 heteroatoms. The van der Waals surface area contributed by atoms with Crippen molar-refractivity contribution >= 4 is 29.1 Å². The highest BCUT2D eigenvalue weighted by Crippen LogP contribution is 2.23. The molecule has 2 aromatic carbocycles. The van der Waals surface area contributed by atoms with Gasteiger partial charge in [-0.3, -0.25) is 9.59 Å². The molecule has 0 saturated heterocycles. The van der Waals surface area contributed by atoms with E-state index in [1.165, 1.54) is 19.1 Å². The molecule has 2 rings (SSSR count). The molecule has 0 aliphatic carbocycles. The van der Waals surface area contributed by atoms with Crippen LogP contribution in [0.3, 0.4) is 0 Å². The molecule has 0 aliphatic heterocycles. The molecule has 0 spiro atoms. The van der Waals surface area contributed by atoms with Gasteiger partial charge in [-0.15, -0.1) is 0 Å². The van der Waals surface area contributed by atoms with E-state index in [1.807, 2.05) is 6.92 Å². The van der Waals surface area contributed by atoms with Crippen molar-refractivity contribution in [2.45, 2.75) is 20.3 Å². The van der Waals surface area contributed by atoms with Gasteiger partial charge in [-0.1, -0.05) is 23.7 Å². The molecule has 132 valence electrons. The van der Waals surface area contributed by atoms with E-state index in [9.17, 15) is 14.0 Å². The topological polar surface area (TPSA) is 49.4 Å². The van der Waals surface area contributed by atoms with E-state index in [2.05, 4.69) is 5.32 Å². The second-order valence-electron chi connectivity index (χ2n) is 5.76. The molecule has 0 unspecified atom stereocenters. The number of hydrogen-bond acceptors (Lipinski definition) is 2. The van der Waals surface area contributed by atoms with Crippen LogP contribution in [0.2, 0.25) is 5.02 Å². The maximum Gasteiger partial charge on any atom is 0.224 e. The van der Waals surface area contributed by atoms with E-state index in [0.717, 1.165) is 11.3 Å². The quantitative estimate of drug-likeness (QED) is 0.855. The van der Waals surface area contributed by atoms with E-state index in [0.29, 0.717) is 23.7 Å². The predicted octanol–water partition coefficient (Wildman–Crippen LogP) is 3.50. The van der Waals surface area contributed by atoms with Gasteiger partial charge in [0.05, 0.1) is 6.42 Å². The third kappa shape index (κ3) is 5.57. The van der Waals surface area contributed by atoms with Crippen molar-refractivity contribution in [3.05, 3.63) is 64.4 Å². The van der Waals surface area contributed by atoms with Crippen LogP contribution in [0, 0.1) is 12.7 Å². The number of aryl methyl sites for hydroxylation is 1. The number of anilines is 1. The summed E-state index contributed by atoms with van der Waals surface area (Å²) in [5.74, 6) is -0.710. The third-order valence-electron chi connectivity index (χ3n) is 3.74. The Bertz CT molecular complexity index is 780. The van der Waals surface area contributed by atoms with Gasteiger partial charge in [0.25, 0.3) is 0 Å². The maximum absolute atomic E-state index is 13.1. The zero-order chi connectivity index (χ0) is 18.4. The number of benzene rings is 2. The highest BCUT2D eigenvalue weighted by molar-refractivity contribution is 6.30. The van der Waals surface area contributed by atoms with Gasteiger partial charge in [0.15, 0.2) is 0 Å². The highest BCUT2D eigenvalue weighted by atomic mass is 35.5. The van der Waals surface area contributed by atoms with Crippen LogP contribution in [0.1, 0.15) is 18.1 Å². The zero-order valence-electron chi connectivity index (χ0n) is 14.2. The number of carbonyl (C=O) groups is 2. The minimum Gasteiger partial charge on any atom is -0.354 e. The van der Waals surface area contributed by atoms with Gasteiger partial charge in [0, 0.05) is 30.7 Å². The van der Waals surface area contributed by atoms with E-state index in [1.54, 1.807) is 35.2 Å². The first-order valence-electron chi connectivity index (χ1n) is 7.92. The van der Waals surface area contributed by atoms with Crippen LogP contribution in [0.4, 0.5) is 10.1 Å². The van der Waals surface area contributed by atoms with Gasteiger partial charge in [-0.2, -0.15) is 0 Å². The van der Waals surface area contributed by atoms with Crippen LogP contribution < -0.4 is 10.2 Å². The summed E-state index contributed by atoms with van der Waals surface area (Å²) in [7, 11) is 0. The first-order chi connectivity index (χ1) is 11.9. The molecule has 0 heterocycles. The molecule has 4 nitrogen and oxygen atoms in total. The molecule has 0 radical (unpaired) electrons. The molecule has 0 aromatic heterocycles. The summed E-state index contributed by atoms with van der Waals surface area (Å²) < 4.78 is 13.1. The highest BCUT2D eigenvalue weighted by Gasteiger charge is 2.14. The summed E-state index contributed by atoms with van der Waals surface area (Å²) in [6, 6.07) is 11.2. The van der Waals surface area contributed by atoms with E-state index >= 15 is 0 Å². The van der Waals surface area contributed by atoms with Gasteiger partial charge in [-0.05, 0) is 48.4 Å². The Labute approximate surface area is 151 Å². The SMILES string of the molecule is CC(=O)N(CCNC(=O)Cc1cccc(F)c1)c1ccc(Cl)cc1C. The number of nitrogens with zero attached hydrogens (tertiary/aromatic N) is 1. The molecule has 0 saturated carbocycles. The Balaban J connectivity index is 1.93. The second-order valence-corrected chi connectivity index (χ2v) is 6.19. The average molecular weight is 363 g/mol. The Morgan fingerprint density at radius 1 is 1.20 bits per heavy atom. The fourth-order valence-corrected chi connectivity index (χ4v) is 2.80. The van der Waals surface area contributed by atoms with E-state index in [-0.39, 0.29) is 24.1 Å². The number of nitrogens with one attached hydrogen (secondary N) is 1. The molecule has 0 aliphatic rings. The summed E-state index contributed by atoms with van der Waals surface area (Å²) in [5, 5.41) is 3.36. The zero-order valence-corrected chi connectivity index (χ0v) is 14.9. The number of hydrogen-bond donors (Lipinski definition) is 1. The van der Waals surface area contributed by atoms with Crippen molar-refractivity contribution in [1.29, 1.82) is 0 Å². The van der Waals surface area contributed by atoms with Gasteiger partial charge in [0.1, 0.15) is 5.82 Å². The fraction of sp³-hybridized carbons (Fsp3) is 0.263. The van der Waals surface area contributed by atoms with Gasteiger partial charge >= 0.3 is 0 Å². The first-order valence-corrected chi connectivity index (χ1v) is 8.30. The second kappa shape index (κ2) is 8.62. The van der Waals surface area contributed by atoms with Crippen molar-refractivity contribution in [1.82, 2.24) is 5.32 Å². The Kier molecular flexibility index (Phi) is 6.53. The molecule has 0 bridgehead atoms. The first kappa shape index (κ1) is 18.9. The van der Waals surface area contributed by atoms with Crippen LogP contribution in [0.5, 0.6) is 0 Å². The lowest BCUT2D eigenvalue weighted by molar-refractivity contribution is -0.121. The van der Waals surface area contributed by atoms with E-state index in [4.69, 9.17) is 11.6 Å². The number of halogens is 2. The summed E-state index contributed by atoms with van der Waals surface area (Å²) >= 11 is 5.95. The fourth-order valence-electron chi connectivity index (χ4n) is 2.57. The Morgan fingerprint density at radius 2 is 1.96 bits per heavy atom. The Hall–Kier alpha value is -2.40. The predicted molar refractivity (Wildman–Crippen MR) is 97.3 cm³/mol. The summed E-state index contributed by atoms with van der Waals surface area (Å²) in [4.78, 5) is 25.5. The summed E-state index contributed by atoms with van der Waals surface area (Å²) in [5.41, 5.74) is 2.25. The largest absolute Gasteiger partial charge is 0.354 e. The van der Waals surface area contributed by atoms with Crippen LogP contribution in [-0.4, -0.2) is 24.9 Å². The molecular formula is C19H20ClFN2O2. The van der Waals surface area contributed by atoms with Crippen molar-refractivity contribution in [3.63, 3.8) is 0 Å². The van der Waals surface area contributed by atoms with Gasteiger partial charge in [0.2, 0.25) is 11.8 Å². The summed E-state index contributed by atoms with van der Waals surface area (Å²) in [6.45, 7) is 3.99. The van der Waals surface area contributed by atoms with Crippen LogP contribution in [-0.2, 0) is 16.0 Å². The Morgan fingerprint density at radius 3 is 2.60 bits per heavy atom. The maximum atomic E-state index is 13.1. The van der Waals surface area contributed by atoms with Gasteiger partial charge < -0.3 is 10.2 Å². The van der Waals surface area contributed by atoms with Crippen LogP contribution in [0.15, 0.2) is 42.5 Å². The molecule has 2 aromatic rings. The molecule has 0 fully saturated rings.